The molecule has 0 aliphatic carbocycles. The highest BCUT2D eigenvalue weighted by atomic mass is 16.5. The van der Waals surface area contributed by atoms with E-state index in [1.807, 2.05) is 0 Å². The lowest BCUT2D eigenvalue weighted by Crippen LogP contribution is -2.55. The number of terminal acetylenes is 1. The van der Waals surface area contributed by atoms with Gasteiger partial charge in [-0.25, -0.2) is 0 Å². The molecule has 2 rings (SSSR count). The second kappa shape index (κ2) is 6.36. The summed E-state index contributed by atoms with van der Waals surface area (Å²) in [7, 11) is 0. The number of nitrogens with zero attached hydrogens (tertiary/aromatic N) is 1. The molecule has 0 spiro atoms. The van der Waals surface area contributed by atoms with Gasteiger partial charge in [-0.2, -0.15) is 0 Å². The molecule has 17 heavy (non-hydrogen) atoms. The standard InChI is InChI=1S/C13H23N3O/c1-2-3-4-7-12(15-14)13-9-16-8-5-6-11(16)10-17-13/h1,11-13,15H,3-10,14H2. The number of morpholine rings is 1. The maximum atomic E-state index is 5.94. The molecule has 0 aromatic rings. The Hall–Kier alpha value is -0.600. The number of rotatable bonds is 5. The number of unbranched alkanes of at least 4 members (excludes halogenated alkanes) is 1. The molecule has 0 amide bonds. The lowest BCUT2D eigenvalue weighted by atomic mass is 10.0. The van der Waals surface area contributed by atoms with E-state index in [-0.39, 0.29) is 12.1 Å². The first-order valence-electron chi connectivity index (χ1n) is 6.60. The van der Waals surface area contributed by atoms with Crippen LogP contribution in [-0.2, 0) is 4.74 Å². The Kier molecular flexibility index (Phi) is 4.81. The molecule has 2 fully saturated rings. The summed E-state index contributed by atoms with van der Waals surface area (Å²) in [5.41, 5.74) is 2.89. The zero-order chi connectivity index (χ0) is 12.1. The van der Waals surface area contributed by atoms with Gasteiger partial charge in [-0.3, -0.25) is 16.2 Å². The Morgan fingerprint density at radius 3 is 3.24 bits per heavy atom. The molecule has 3 atom stereocenters. The number of nitrogens with two attached hydrogens (primary N) is 1. The highest BCUT2D eigenvalue weighted by Gasteiger charge is 2.35. The zero-order valence-corrected chi connectivity index (χ0v) is 10.4. The van der Waals surface area contributed by atoms with Crippen LogP contribution in [0.3, 0.4) is 0 Å². The van der Waals surface area contributed by atoms with Gasteiger partial charge in [-0.15, -0.1) is 12.3 Å². The van der Waals surface area contributed by atoms with Crippen molar-refractivity contribution in [2.45, 2.75) is 50.3 Å². The topological polar surface area (TPSA) is 50.5 Å². The normalized spacial score (nSPS) is 30.8. The SMILES string of the molecule is C#CCCCC(NN)C1CN2CCCC2CO1. The van der Waals surface area contributed by atoms with E-state index in [1.165, 1.54) is 19.4 Å². The number of nitrogens with one attached hydrogen (secondary N) is 1. The summed E-state index contributed by atoms with van der Waals surface area (Å²) in [6, 6.07) is 0.875. The third-order valence-electron chi connectivity index (χ3n) is 3.92. The van der Waals surface area contributed by atoms with Crippen molar-refractivity contribution < 1.29 is 4.74 Å². The summed E-state index contributed by atoms with van der Waals surface area (Å²) in [4.78, 5) is 2.54. The fourth-order valence-corrected chi connectivity index (χ4v) is 2.89. The zero-order valence-electron chi connectivity index (χ0n) is 10.4. The third kappa shape index (κ3) is 3.20. The van der Waals surface area contributed by atoms with Crippen molar-refractivity contribution in [2.75, 3.05) is 19.7 Å². The molecule has 2 saturated heterocycles. The minimum absolute atomic E-state index is 0.215. The second-order valence-corrected chi connectivity index (χ2v) is 5.03. The van der Waals surface area contributed by atoms with E-state index in [0.717, 1.165) is 32.4 Å². The van der Waals surface area contributed by atoms with Gasteiger partial charge >= 0.3 is 0 Å². The molecule has 4 nitrogen and oxygen atoms in total. The highest BCUT2D eigenvalue weighted by Crippen LogP contribution is 2.24. The summed E-state index contributed by atoms with van der Waals surface area (Å²) in [5.74, 6) is 8.29. The van der Waals surface area contributed by atoms with Crippen LogP contribution in [0.25, 0.3) is 0 Å². The minimum Gasteiger partial charge on any atom is -0.374 e. The molecular weight excluding hydrogens is 214 g/mol. The van der Waals surface area contributed by atoms with Crippen molar-refractivity contribution in [3.05, 3.63) is 0 Å². The van der Waals surface area contributed by atoms with Crippen molar-refractivity contribution in [2.24, 2.45) is 5.84 Å². The lowest BCUT2D eigenvalue weighted by Gasteiger charge is -2.38. The maximum absolute atomic E-state index is 5.94. The lowest BCUT2D eigenvalue weighted by molar-refractivity contribution is -0.0658. The van der Waals surface area contributed by atoms with Gasteiger partial charge < -0.3 is 4.74 Å². The van der Waals surface area contributed by atoms with Gasteiger partial charge in [0.1, 0.15) is 0 Å². The third-order valence-corrected chi connectivity index (χ3v) is 3.92. The number of hydrogen-bond acceptors (Lipinski definition) is 4. The van der Waals surface area contributed by atoms with Crippen LogP contribution in [0, 0.1) is 12.3 Å². The first-order valence-corrected chi connectivity index (χ1v) is 6.60. The summed E-state index contributed by atoms with van der Waals surface area (Å²) < 4.78 is 5.94. The Morgan fingerprint density at radius 1 is 1.59 bits per heavy atom. The second-order valence-electron chi connectivity index (χ2n) is 5.03. The molecular formula is C13H23N3O. The van der Waals surface area contributed by atoms with E-state index in [4.69, 9.17) is 17.0 Å². The van der Waals surface area contributed by atoms with Crippen LogP contribution in [0.4, 0.5) is 0 Å². The van der Waals surface area contributed by atoms with Crippen molar-refractivity contribution in [1.82, 2.24) is 10.3 Å². The van der Waals surface area contributed by atoms with Crippen LogP contribution in [-0.4, -0.2) is 42.8 Å². The molecule has 0 saturated carbocycles. The van der Waals surface area contributed by atoms with Gasteiger partial charge in [-0.05, 0) is 32.2 Å². The number of hydrogen-bond donors (Lipinski definition) is 2. The van der Waals surface area contributed by atoms with Crippen LogP contribution in [0.15, 0.2) is 0 Å². The molecule has 0 bridgehead atoms. The molecule has 4 heteroatoms. The summed E-state index contributed by atoms with van der Waals surface area (Å²) in [6.45, 7) is 3.08. The minimum atomic E-state index is 0.215. The smallest absolute Gasteiger partial charge is 0.0868 e. The molecule has 2 aliphatic heterocycles. The molecule has 96 valence electrons. The fraction of sp³-hybridized carbons (Fsp3) is 0.846. The van der Waals surface area contributed by atoms with Crippen molar-refractivity contribution in [3.63, 3.8) is 0 Å². The summed E-state index contributed by atoms with van der Waals surface area (Å²) in [6.07, 6.45) is 10.9. The van der Waals surface area contributed by atoms with Gasteiger partial charge in [0, 0.05) is 25.0 Å². The number of ether oxygens (including phenoxy) is 1. The van der Waals surface area contributed by atoms with Crippen molar-refractivity contribution in [3.8, 4) is 12.3 Å². The largest absolute Gasteiger partial charge is 0.374 e. The van der Waals surface area contributed by atoms with Crippen LogP contribution in [0.2, 0.25) is 0 Å². The van der Waals surface area contributed by atoms with Gasteiger partial charge in [0.15, 0.2) is 0 Å². The van der Waals surface area contributed by atoms with Gasteiger partial charge in [-0.1, -0.05) is 0 Å². The number of fused-ring (bicyclic) bond motifs is 1. The van der Waals surface area contributed by atoms with E-state index in [1.54, 1.807) is 0 Å². The fourth-order valence-electron chi connectivity index (χ4n) is 2.89. The van der Waals surface area contributed by atoms with Gasteiger partial charge in [0.25, 0.3) is 0 Å². The summed E-state index contributed by atoms with van der Waals surface area (Å²) in [5, 5.41) is 0. The molecule has 0 radical (unpaired) electrons. The Balaban J connectivity index is 1.81. The number of hydrazine groups is 1. The molecule has 0 aromatic heterocycles. The first-order chi connectivity index (χ1) is 8.35. The van der Waals surface area contributed by atoms with Crippen LogP contribution < -0.4 is 11.3 Å². The predicted octanol–water partition coefficient (Wildman–Crippen LogP) is 0.485. The quantitative estimate of drug-likeness (QED) is 0.316. The highest BCUT2D eigenvalue weighted by molar-refractivity contribution is 4.90. The molecule has 0 aromatic carbocycles. The van der Waals surface area contributed by atoms with Crippen molar-refractivity contribution >= 4 is 0 Å². The molecule has 2 heterocycles. The molecule has 3 unspecified atom stereocenters. The van der Waals surface area contributed by atoms with E-state index < -0.39 is 0 Å². The van der Waals surface area contributed by atoms with Gasteiger partial charge in [0.05, 0.1) is 12.7 Å². The van der Waals surface area contributed by atoms with E-state index in [9.17, 15) is 0 Å². The Labute approximate surface area is 104 Å². The van der Waals surface area contributed by atoms with Gasteiger partial charge in [0.2, 0.25) is 0 Å². The van der Waals surface area contributed by atoms with Crippen LogP contribution in [0.1, 0.15) is 32.1 Å². The van der Waals surface area contributed by atoms with Crippen LogP contribution in [0.5, 0.6) is 0 Å². The van der Waals surface area contributed by atoms with E-state index in [0.29, 0.717) is 6.04 Å². The summed E-state index contributed by atoms with van der Waals surface area (Å²) >= 11 is 0. The van der Waals surface area contributed by atoms with Crippen LogP contribution >= 0.6 is 0 Å². The monoisotopic (exact) mass is 237 g/mol. The average Bonchev–Trinajstić information content (AvgIpc) is 2.82. The van der Waals surface area contributed by atoms with E-state index in [2.05, 4.69) is 16.2 Å². The Bertz CT molecular complexity index is 276. The average molecular weight is 237 g/mol. The van der Waals surface area contributed by atoms with Crippen molar-refractivity contribution in [1.29, 1.82) is 0 Å². The Morgan fingerprint density at radius 2 is 2.47 bits per heavy atom. The maximum Gasteiger partial charge on any atom is 0.0868 e. The molecule has 3 N–H and O–H groups in total. The van der Waals surface area contributed by atoms with E-state index >= 15 is 0 Å². The molecule has 2 aliphatic rings. The predicted molar refractivity (Wildman–Crippen MR) is 68.1 cm³/mol. The first kappa shape index (κ1) is 12.8.